The summed E-state index contributed by atoms with van der Waals surface area (Å²) in [4.78, 5) is 12.2. The van der Waals surface area contributed by atoms with Gasteiger partial charge in [0.1, 0.15) is 0 Å². The fourth-order valence-corrected chi connectivity index (χ4v) is 3.09. The molecule has 20 heavy (non-hydrogen) atoms. The number of rotatable bonds is 2. The van der Waals surface area contributed by atoms with Gasteiger partial charge in [-0.2, -0.15) is 0 Å². The van der Waals surface area contributed by atoms with Gasteiger partial charge >= 0.3 is 0 Å². The largest absolute Gasteiger partial charge is 0.349 e. The van der Waals surface area contributed by atoms with E-state index >= 15 is 0 Å². The number of amides is 1. The quantitative estimate of drug-likeness (QED) is 0.896. The summed E-state index contributed by atoms with van der Waals surface area (Å²) in [5, 5.41) is 3.94. The van der Waals surface area contributed by atoms with E-state index in [1.165, 1.54) is 11.1 Å². The van der Waals surface area contributed by atoms with Gasteiger partial charge in [-0.05, 0) is 42.2 Å². The molecule has 0 saturated carbocycles. The molecule has 4 heteroatoms. The number of nitrogens with one attached hydrogen (secondary N) is 1. The van der Waals surface area contributed by atoms with Crippen molar-refractivity contribution in [3.05, 3.63) is 69.2 Å². The molecule has 2 nitrogen and oxygen atoms in total. The molecule has 0 unspecified atom stereocenters. The summed E-state index contributed by atoms with van der Waals surface area (Å²) >= 11 is 11.9. The normalized spacial score (nSPS) is 14.1. The van der Waals surface area contributed by atoms with E-state index in [2.05, 4.69) is 17.4 Å². The summed E-state index contributed by atoms with van der Waals surface area (Å²) in [6, 6.07) is 13.3. The van der Waals surface area contributed by atoms with E-state index in [1.807, 2.05) is 12.1 Å². The number of carbonyl (C=O) groups excluding carboxylic acids is 1. The van der Waals surface area contributed by atoms with Crippen LogP contribution in [-0.4, -0.2) is 11.9 Å². The summed E-state index contributed by atoms with van der Waals surface area (Å²) in [5.41, 5.74) is 3.08. The van der Waals surface area contributed by atoms with Crippen LogP contribution in [0.25, 0.3) is 0 Å². The predicted molar refractivity (Wildman–Crippen MR) is 81.6 cm³/mol. The monoisotopic (exact) mass is 305 g/mol. The van der Waals surface area contributed by atoms with Crippen LogP contribution in [0.3, 0.4) is 0 Å². The van der Waals surface area contributed by atoms with Gasteiger partial charge in [-0.15, -0.1) is 0 Å². The van der Waals surface area contributed by atoms with Crippen molar-refractivity contribution in [2.24, 2.45) is 0 Å². The fourth-order valence-electron chi connectivity index (χ4n) is 2.60. The zero-order valence-corrected chi connectivity index (χ0v) is 12.2. The zero-order chi connectivity index (χ0) is 14.1. The van der Waals surface area contributed by atoms with Gasteiger partial charge in [-0.1, -0.05) is 47.5 Å². The van der Waals surface area contributed by atoms with E-state index in [0.717, 1.165) is 12.8 Å². The number of hydrogen-bond donors (Lipinski definition) is 1. The highest BCUT2D eigenvalue weighted by atomic mass is 35.5. The minimum absolute atomic E-state index is 0.131. The zero-order valence-electron chi connectivity index (χ0n) is 10.7. The lowest BCUT2D eigenvalue weighted by atomic mass is 10.1. The molecular weight excluding hydrogens is 293 g/mol. The molecular formula is C16H13Cl2NO. The SMILES string of the molecule is O=C(NC1Cc2ccccc2C1)c1ccc(Cl)cc1Cl. The predicted octanol–water partition coefficient (Wildman–Crippen LogP) is 3.89. The summed E-state index contributed by atoms with van der Waals surface area (Å²) < 4.78 is 0. The molecule has 102 valence electrons. The number of benzene rings is 2. The third-order valence-corrected chi connectivity index (χ3v) is 4.11. The molecule has 0 radical (unpaired) electrons. The molecule has 0 heterocycles. The summed E-state index contributed by atoms with van der Waals surface area (Å²) in [5.74, 6) is -0.149. The molecule has 0 spiro atoms. The van der Waals surface area contributed by atoms with E-state index < -0.39 is 0 Å². The third-order valence-electron chi connectivity index (χ3n) is 3.56. The topological polar surface area (TPSA) is 29.1 Å². The van der Waals surface area contributed by atoms with Crippen molar-refractivity contribution in [3.63, 3.8) is 0 Å². The Hall–Kier alpha value is -1.51. The molecule has 1 aliphatic carbocycles. The molecule has 0 atom stereocenters. The molecule has 0 aromatic heterocycles. The number of halogens is 2. The lowest BCUT2D eigenvalue weighted by molar-refractivity contribution is 0.0939. The van der Waals surface area contributed by atoms with Gasteiger partial charge in [0.2, 0.25) is 0 Å². The Balaban J connectivity index is 1.72. The highest BCUT2D eigenvalue weighted by Crippen LogP contribution is 2.24. The van der Waals surface area contributed by atoms with E-state index in [9.17, 15) is 4.79 Å². The Morgan fingerprint density at radius 2 is 1.70 bits per heavy atom. The first-order valence-corrected chi connectivity index (χ1v) is 7.22. The molecule has 1 amide bonds. The lowest BCUT2D eigenvalue weighted by Gasteiger charge is -2.13. The van der Waals surface area contributed by atoms with Crippen LogP contribution < -0.4 is 5.32 Å². The highest BCUT2D eigenvalue weighted by molar-refractivity contribution is 6.36. The van der Waals surface area contributed by atoms with Gasteiger partial charge in [0, 0.05) is 11.1 Å². The van der Waals surface area contributed by atoms with Gasteiger partial charge in [-0.3, -0.25) is 4.79 Å². The Morgan fingerprint density at radius 1 is 1.05 bits per heavy atom. The Labute approximate surface area is 127 Å². The minimum Gasteiger partial charge on any atom is -0.349 e. The molecule has 2 aromatic rings. The van der Waals surface area contributed by atoms with Crippen LogP contribution in [0, 0.1) is 0 Å². The van der Waals surface area contributed by atoms with Crippen molar-refractivity contribution in [2.75, 3.05) is 0 Å². The first-order valence-electron chi connectivity index (χ1n) is 6.46. The maximum atomic E-state index is 12.2. The standard InChI is InChI=1S/C16H13Cl2NO/c17-12-5-6-14(15(18)9-12)16(20)19-13-7-10-3-1-2-4-11(10)8-13/h1-6,9,13H,7-8H2,(H,19,20). The minimum atomic E-state index is -0.149. The van der Waals surface area contributed by atoms with Crippen molar-refractivity contribution >= 4 is 29.1 Å². The maximum Gasteiger partial charge on any atom is 0.253 e. The molecule has 3 rings (SSSR count). The smallest absolute Gasteiger partial charge is 0.253 e. The van der Waals surface area contributed by atoms with E-state index in [-0.39, 0.29) is 11.9 Å². The van der Waals surface area contributed by atoms with Crippen molar-refractivity contribution in [3.8, 4) is 0 Å². The number of fused-ring (bicyclic) bond motifs is 1. The van der Waals surface area contributed by atoms with Gasteiger partial charge in [0.25, 0.3) is 5.91 Å². The Kier molecular flexibility index (Phi) is 3.68. The van der Waals surface area contributed by atoms with Crippen LogP contribution in [0.2, 0.25) is 10.0 Å². The van der Waals surface area contributed by atoms with Gasteiger partial charge in [-0.25, -0.2) is 0 Å². The summed E-state index contributed by atoms with van der Waals surface area (Å²) in [6.07, 6.45) is 1.74. The summed E-state index contributed by atoms with van der Waals surface area (Å²) in [7, 11) is 0. The van der Waals surface area contributed by atoms with Crippen molar-refractivity contribution in [2.45, 2.75) is 18.9 Å². The second-order valence-corrected chi connectivity index (χ2v) is 5.82. The van der Waals surface area contributed by atoms with Crippen LogP contribution >= 0.6 is 23.2 Å². The van der Waals surface area contributed by atoms with Crippen LogP contribution in [0.5, 0.6) is 0 Å². The van der Waals surface area contributed by atoms with Crippen LogP contribution in [-0.2, 0) is 12.8 Å². The summed E-state index contributed by atoms with van der Waals surface area (Å²) in [6.45, 7) is 0. The van der Waals surface area contributed by atoms with Crippen LogP contribution in [0.1, 0.15) is 21.5 Å². The maximum absolute atomic E-state index is 12.2. The second kappa shape index (κ2) is 5.47. The molecule has 1 N–H and O–H groups in total. The third kappa shape index (κ3) is 2.67. The lowest BCUT2D eigenvalue weighted by Crippen LogP contribution is -2.35. The molecule has 0 fully saturated rings. The van der Waals surface area contributed by atoms with Gasteiger partial charge in [0.05, 0.1) is 10.6 Å². The highest BCUT2D eigenvalue weighted by Gasteiger charge is 2.23. The van der Waals surface area contributed by atoms with E-state index in [4.69, 9.17) is 23.2 Å². The molecule has 0 bridgehead atoms. The molecule has 1 aliphatic rings. The first kappa shape index (κ1) is 13.5. The van der Waals surface area contributed by atoms with Crippen molar-refractivity contribution in [1.82, 2.24) is 5.32 Å². The number of carbonyl (C=O) groups is 1. The Bertz CT molecular complexity index is 644. The fraction of sp³-hybridized carbons (Fsp3) is 0.188. The van der Waals surface area contributed by atoms with Gasteiger partial charge in [0.15, 0.2) is 0 Å². The van der Waals surface area contributed by atoms with Crippen molar-refractivity contribution < 1.29 is 4.79 Å². The Morgan fingerprint density at radius 3 is 2.30 bits per heavy atom. The van der Waals surface area contributed by atoms with Crippen molar-refractivity contribution in [1.29, 1.82) is 0 Å². The first-order chi connectivity index (χ1) is 9.63. The van der Waals surface area contributed by atoms with Crippen LogP contribution in [0.15, 0.2) is 42.5 Å². The molecule has 0 saturated heterocycles. The number of hydrogen-bond acceptors (Lipinski definition) is 1. The average molecular weight is 306 g/mol. The van der Waals surface area contributed by atoms with E-state index in [0.29, 0.717) is 15.6 Å². The second-order valence-electron chi connectivity index (χ2n) is 4.97. The van der Waals surface area contributed by atoms with Crippen LogP contribution in [0.4, 0.5) is 0 Å². The van der Waals surface area contributed by atoms with Gasteiger partial charge < -0.3 is 5.32 Å². The molecule has 0 aliphatic heterocycles. The molecule has 2 aromatic carbocycles. The van der Waals surface area contributed by atoms with E-state index in [1.54, 1.807) is 18.2 Å². The average Bonchev–Trinajstić information content (AvgIpc) is 2.80.